The maximum absolute atomic E-state index is 12.4. The van der Waals surface area contributed by atoms with Crippen LogP contribution in [0.2, 0.25) is 0 Å². The molecule has 3 heterocycles. The third kappa shape index (κ3) is 4.02. The summed E-state index contributed by atoms with van der Waals surface area (Å²) in [5.74, 6) is 0.926. The highest BCUT2D eigenvalue weighted by Gasteiger charge is 2.17. The molecule has 28 heavy (non-hydrogen) atoms. The normalized spacial score (nSPS) is 10.9. The van der Waals surface area contributed by atoms with Gasteiger partial charge < -0.3 is 5.32 Å². The molecule has 0 spiro atoms. The standard InChI is InChI=1S/C20H19N5OS2/c1-14-10-15(2)12-16(11-14)21-18(26)13-28-20-23-22-19(17-6-5-9-27-17)25(20)24-7-3-4-8-24/h3-12H,13H2,1-2H3,(H,21,26). The molecule has 0 aliphatic heterocycles. The van der Waals surface area contributed by atoms with Crippen molar-refractivity contribution in [1.29, 1.82) is 0 Å². The van der Waals surface area contributed by atoms with Gasteiger partial charge in [-0.2, -0.15) is 0 Å². The van der Waals surface area contributed by atoms with Gasteiger partial charge in [0.2, 0.25) is 11.1 Å². The molecule has 0 bridgehead atoms. The van der Waals surface area contributed by atoms with Gasteiger partial charge in [-0.3, -0.25) is 9.47 Å². The van der Waals surface area contributed by atoms with Crippen LogP contribution in [0.5, 0.6) is 0 Å². The topological polar surface area (TPSA) is 64.7 Å². The zero-order chi connectivity index (χ0) is 19.5. The smallest absolute Gasteiger partial charge is 0.234 e. The molecule has 1 amide bonds. The maximum atomic E-state index is 12.4. The number of thiophene rings is 1. The van der Waals surface area contributed by atoms with Gasteiger partial charge in [0.1, 0.15) is 0 Å². The zero-order valence-corrected chi connectivity index (χ0v) is 17.1. The summed E-state index contributed by atoms with van der Waals surface area (Å²) in [4.78, 5) is 13.5. The monoisotopic (exact) mass is 409 g/mol. The number of nitrogens with one attached hydrogen (secondary N) is 1. The molecule has 4 rings (SSSR count). The Morgan fingerprint density at radius 3 is 2.54 bits per heavy atom. The van der Waals surface area contributed by atoms with E-state index in [1.807, 2.05) is 77.4 Å². The number of benzene rings is 1. The second-order valence-electron chi connectivity index (χ2n) is 6.37. The molecule has 4 aromatic rings. The van der Waals surface area contributed by atoms with Crippen molar-refractivity contribution in [3.05, 3.63) is 71.4 Å². The second kappa shape index (κ2) is 8.04. The van der Waals surface area contributed by atoms with Crippen LogP contribution in [0.15, 0.2) is 65.4 Å². The summed E-state index contributed by atoms with van der Waals surface area (Å²) in [5.41, 5.74) is 3.06. The summed E-state index contributed by atoms with van der Waals surface area (Å²) in [6.07, 6.45) is 3.86. The molecule has 0 fully saturated rings. The first-order valence-corrected chi connectivity index (χ1v) is 10.6. The molecule has 1 N–H and O–H groups in total. The Balaban J connectivity index is 1.53. The first-order valence-electron chi connectivity index (χ1n) is 8.74. The van der Waals surface area contributed by atoms with Crippen LogP contribution < -0.4 is 5.32 Å². The highest BCUT2D eigenvalue weighted by atomic mass is 32.2. The van der Waals surface area contributed by atoms with Crippen molar-refractivity contribution in [2.45, 2.75) is 19.0 Å². The van der Waals surface area contributed by atoms with Crippen LogP contribution in [0.4, 0.5) is 5.69 Å². The minimum atomic E-state index is -0.0743. The summed E-state index contributed by atoms with van der Waals surface area (Å²) in [6, 6.07) is 13.9. The summed E-state index contributed by atoms with van der Waals surface area (Å²) in [7, 11) is 0. The predicted molar refractivity (Wildman–Crippen MR) is 114 cm³/mol. The number of nitrogens with zero attached hydrogens (tertiary/aromatic N) is 4. The van der Waals surface area contributed by atoms with Crippen molar-refractivity contribution in [2.75, 3.05) is 11.1 Å². The third-order valence-electron chi connectivity index (χ3n) is 4.01. The molecule has 6 nitrogen and oxygen atoms in total. The number of carbonyl (C=O) groups is 1. The average Bonchev–Trinajstić information content (AvgIpc) is 3.38. The first kappa shape index (κ1) is 18.5. The lowest BCUT2D eigenvalue weighted by molar-refractivity contribution is -0.113. The number of aromatic nitrogens is 4. The van der Waals surface area contributed by atoms with Gasteiger partial charge in [0.25, 0.3) is 0 Å². The Morgan fingerprint density at radius 2 is 1.86 bits per heavy atom. The number of hydrogen-bond donors (Lipinski definition) is 1. The van der Waals surface area contributed by atoms with Crippen molar-refractivity contribution < 1.29 is 4.79 Å². The van der Waals surface area contributed by atoms with E-state index in [4.69, 9.17) is 0 Å². The van der Waals surface area contributed by atoms with Crippen molar-refractivity contribution in [2.24, 2.45) is 0 Å². The van der Waals surface area contributed by atoms with E-state index in [0.29, 0.717) is 5.16 Å². The van der Waals surface area contributed by atoms with Gasteiger partial charge in [0.05, 0.1) is 10.6 Å². The van der Waals surface area contributed by atoms with Crippen LogP contribution in [0.3, 0.4) is 0 Å². The van der Waals surface area contributed by atoms with Gasteiger partial charge in [0.15, 0.2) is 5.82 Å². The quantitative estimate of drug-likeness (QED) is 0.477. The van der Waals surface area contributed by atoms with E-state index in [1.54, 1.807) is 11.3 Å². The Morgan fingerprint density at radius 1 is 1.11 bits per heavy atom. The van der Waals surface area contributed by atoms with Gasteiger partial charge in [-0.1, -0.05) is 23.9 Å². The molecular formula is C20H19N5OS2. The Hall–Kier alpha value is -2.84. The number of amides is 1. The molecule has 142 valence electrons. The van der Waals surface area contributed by atoms with E-state index in [0.717, 1.165) is 27.5 Å². The fourth-order valence-electron chi connectivity index (χ4n) is 2.96. The number of anilines is 1. The van der Waals surface area contributed by atoms with Crippen LogP contribution in [0.1, 0.15) is 11.1 Å². The van der Waals surface area contributed by atoms with E-state index in [1.165, 1.54) is 11.8 Å². The van der Waals surface area contributed by atoms with Crippen molar-refractivity contribution >= 4 is 34.7 Å². The number of thioether (sulfide) groups is 1. The molecular weight excluding hydrogens is 390 g/mol. The van der Waals surface area contributed by atoms with Gasteiger partial charge in [-0.25, -0.2) is 4.68 Å². The zero-order valence-electron chi connectivity index (χ0n) is 15.5. The fourth-order valence-corrected chi connectivity index (χ4v) is 4.38. The highest BCUT2D eigenvalue weighted by Crippen LogP contribution is 2.27. The summed E-state index contributed by atoms with van der Waals surface area (Å²) in [5, 5.41) is 14.3. The Kier molecular flexibility index (Phi) is 5.31. The van der Waals surface area contributed by atoms with Crippen LogP contribution in [-0.4, -0.2) is 31.2 Å². The van der Waals surface area contributed by atoms with Crippen molar-refractivity contribution in [3.63, 3.8) is 0 Å². The van der Waals surface area contributed by atoms with E-state index < -0.39 is 0 Å². The first-order chi connectivity index (χ1) is 13.6. The summed E-state index contributed by atoms with van der Waals surface area (Å²) < 4.78 is 3.83. The van der Waals surface area contributed by atoms with Crippen LogP contribution >= 0.6 is 23.1 Å². The van der Waals surface area contributed by atoms with Gasteiger partial charge >= 0.3 is 0 Å². The highest BCUT2D eigenvalue weighted by molar-refractivity contribution is 7.99. The molecule has 0 saturated carbocycles. The minimum absolute atomic E-state index is 0.0743. The van der Waals surface area contributed by atoms with E-state index in [9.17, 15) is 4.79 Å². The van der Waals surface area contributed by atoms with Crippen LogP contribution in [0.25, 0.3) is 10.7 Å². The van der Waals surface area contributed by atoms with Gasteiger partial charge in [0, 0.05) is 18.1 Å². The molecule has 8 heteroatoms. The Labute approximate surface area is 171 Å². The lowest BCUT2D eigenvalue weighted by Gasteiger charge is -2.11. The molecule has 0 saturated heterocycles. The maximum Gasteiger partial charge on any atom is 0.234 e. The Bertz CT molecular complexity index is 1060. The number of rotatable bonds is 6. The predicted octanol–water partition coefficient (Wildman–Crippen LogP) is 4.47. The van der Waals surface area contributed by atoms with E-state index in [-0.39, 0.29) is 11.7 Å². The number of aryl methyl sites for hydroxylation is 2. The van der Waals surface area contributed by atoms with E-state index >= 15 is 0 Å². The molecule has 1 aromatic carbocycles. The minimum Gasteiger partial charge on any atom is -0.325 e. The fraction of sp³-hybridized carbons (Fsp3) is 0.150. The van der Waals surface area contributed by atoms with Crippen LogP contribution in [0, 0.1) is 13.8 Å². The van der Waals surface area contributed by atoms with E-state index in [2.05, 4.69) is 21.6 Å². The lowest BCUT2D eigenvalue weighted by atomic mass is 10.1. The van der Waals surface area contributed by atoms with Crippen molar-refractivity contribution in [3.8, 4) is 10.7 Å². The molecule has 0 aliphatic rings. The molecule has 3 aromatic heterocycles. The van der Waals surface area contributed by atoms with Gasteiger partial charge in [-0.15, -0.1) is 21.5 Å². The molecule has 0 unspecified atom stereocenters. The van der Waals surface area contributed by atoms with Gasteiger partial charge in [-0.05, 0) is 60.7 Å². The lowest BCUT2D eigenvalue weighted by Crippen LogP contribution is -2.16. The third-order valence-corrected chi connectivity index (χ3v) is 5.80. The molecule has 0 radical (unpaired) electrons. The second-order valence-corrected chi connectivity index (χ2v) is 8.26. The number of carbonyl (C=O) groups excluding carboxylic acids is 1. The van der Waals surface area contributed by atoms with Crippen LogP contribution in [-0.2, 0) is 4.79 Å². The molecule has 0 atom stereocenters. The SMILES string of the molecule is Cc1cc(C)cc(NC(=O)CSc2nnc(-c3cccs3)n2-n2cccc2)c1. The molecule has 0 aliphatic carbocycles. The van der Waals surface area contributed by atoms with Crippen molar-refractivity contribution in [1.82, 2.24) is 19.5 Å². The summed E-state index contributed by atoms with van der Waals surface area (Å²) in [6.45, 7) is 4.03. The number of hydrogen-bond acceptors (Lipinski definition) is 5. The summed E-state index contributed by atoms with van der Waals surface area (Å²) >= 11 is 2.96. The average molecular weight is 410 g/mol. The largest absolute Gasteiger partial charge is 0.325 e.